The van der Waals surface area contributed by atoms with E-state index < -0.39 is 0 Å². The lowest BCUT2D eigenvalue weighted by molar-refractivity contribution is 0.107. The molecular formula is C23H42N4O2. The first-order chi connectivity index (χ1) is 14.2. The maximum Gasteiger partial charge on any atom is 0.318 e. The van der Waals surface area contributed by atoms with Crippen LogP contribution in [0.1, 0.15) is 71.1 Å². The molecule has 0 bridgehead atoms. The third-order valence-corrected chi connectivity index (χ3v) is 5.58. The molecule has 166 valence electrons. The summed E-state index contributed by atoms with van der Waals surface area (Å²) in [6.07, 6.45) is 7.79. The molecule has 6 heteroatoms. The second-order valence-electron chi connectivity index (χ2n) is 7.99. The fourth-order valence-electron chi connectivity index (χ4n) is 4.13. The molecule has 2 rings (SSSR count). The Bertz CT molecular complexity index is 590. The summed E-state index contributed by atoms with van der Waals surface area (Å²) < 4.78 is 11.5. The van der Waals surface area contributed by atoms with Gasteiger partial charge in [0.2, 0.25) is 0 Å². The standard InChI is InChI=1S/C23H42N4O2/c1-6-11-20-21(9-4)24-23(25-22(20)27(13-7-2)14-8-3)29-17-10-15-26-16-12-19(18-26)28-5/h19H,6-18H2,1-5H3. The van der Waals surface area contributed by atoms with Gasteiger partial charge in [-0.1, -0.05) is 34.1 Å². The molecule has 1 atom stereocenters. The Morgan fingerprint density at radius 3 is 2.41 bits per heavy atom. The van der Waals surface area contributed by atoms with E-state index in [1.807, 2.05) is 0 Å². The van der Waals surface area contributed by atoms with Gasteiger partial charge in [-0.25, -0.2) is 0 Å². The quantitative estimate of drug-likeness (QED) is 0.434. The van der Waals surface area contributed by atoms with Crippen molar-refractivity contribution in [2.75, 3.05) is 51.3 Å². The molecule has 1 aliphatic heterocycles. The number of rotatable bonds is 14. The highest BCUT2D eigenvalue weighted by Gasteiger charge is 2.22. The van der Waals surface area contributed by atoms with E-state index in [-0.39, 0.29) is 0 Å². The molecule has 0 aliphatic carbocycles. The number of hydrogen-bond acceptors (Lipinski definition) is 6. The van der Waals surface area contributed by atoms with Crippen molar-refractivity contribution < 1.29 is 9.47 Å². The van der Waals surface area contributed by atoms with E-state index in [1.54, 1.807) is 7.11 Å². The van der Waals surface area contributed by atoms with Gasteiger partial charge in [0, 0.05) is 45.4 Å². The second kappa shape index (κ2) is 13.0. The highest BCUT2D eigenvalue weighted by Crippen LogP contribution is 2.26. The summed E-state index contributed by atoms with van der Waals surface area (Å²) in [6, 6.07) is 0.546. The van der Waals surface area contributed by atoms with Crippen molar-refractivity contribution in [1.29, 1.82) is 0 Å². The molecule has 0 aromatic carbocycles. The number of aryl methyl sites for hydroxylation is 1. The van der Waals surface area contributed by atoms with Crippen LogP contribution in [-0.2, 0) is 17.6 Å². The highest BCUT2D eigenvalue weighted by molar-refractivity contribution is 5.50. The predicted octanol–water partition coefficient (Wildman–Crippen LogP) is 4.11. The van der Waals surface area contributed by atoms with Crippen LogP contribution in [0.4, 0.5) is 5.82 Å². The molecular weight excluding hydrogens is 364 g/mol. The lowest BCUT2D eigenvalue weighted by Gasteiger charge is -2.26. The number of hydrogen-bond donors (Lipinski definition) is 0. The van der Waals surface area contributed by atoms with Crippen LogP contribution in [0, 0.1) is 0 Å². The van der Waals surface area contributed by atoms with Crippen molar-refractivity contribution in [3.8, 4) is 6.01 Å². The van der Waals surface area contributed by atoms with Crippen molar-refractivity contribution in [2.24, 2.45) is 0 Å². The van der Waals surface area contributed by atoms with E-state index in [1.165, 1.54) is 5.56 Å². The molecule has 2 heterocycles. The zero-order chi connectivity index (χ0) is 21.1. The summed E-state index contributed by atoms with van der Waals surface area (Å²) in [5.41, 5.74) is 2.46. The summed E-state index contributed by atoms with van der Waals surface area (Å²) in [7, 11) is 1.81. The fraction of sp³-hybridized carbons (Fsp3) is 0.826. The van der Waals surface area contributed by atoms with Gasteiger partial charge in [0.1, 0.15) is 5.82 Å². The molecule has 0 saturated carbocycles. The third kappa shape index (κ3) is 7.10. The molecule has 1 aliphatic rings. The average molecular weight is 407 g/mol. The van der Waals surface area contributed by atoms with Crippen LogP contribution >= 0.6 is 0 Å². The van der Waals surface area contributed by atoms with Crippen LogP contribution in [0.2, 0.25) is 0 Å². The molecule has 0 spiro atoms. The Labute approximate surface area is 178 Å². The van der Waals surface area contributed by atoms with Crippen molar-refractivity contribution in [3.63, 3.8) is 0 Å². The Hall–Kier alpha value is -1.40. The minimum Gasteiger partial charge on any atom is -0.463 e. The van der Waals surface area contributed by atoms with Gasteiger partial charge < -0.3 is 19.3 Å². The zero-order valence-corrected chi connectivity index (χ0v) is 19.4. The van der Waals surface area contributed by atoms with Crippen LogP contribution in [0.15, 0.2) is 0 Å². The summed E-state index contributed by atoms with van der Waals surface area (Å²) in [6.45, 7) is 14.8. The molecule has 1 aromatic rings. The lowest BCUT2D eigenvalue weighted by atomic mass is 10.1. The van der Waals surface area contributed by atoms with Crippen LogP contribution in [0.3, 0.4) is 0 Å². The topological polar surface area (TPSA) is 50.7 Å². The minimum absolute atomic E-state index is 0.392. The van der Waals surface area contributed by atoms with Crippen LogP contribution in [0.25, 0.3) is 0 Å². The van der Waals surface area contributed by atoms with E-state index in [2.05, 4.69) is 37.5 Å². The van der Waals surface area contributed by atoms with Crippen molar-refractivity contribution in [3.05, 3.63) is 11.3 Å². The molecule has 0 amide bonds. The minimum atomic E-state index is 0.392. The molecule has 6 nitrogen and oxygen atoms in total. The van der Waals surface area contributed by atoms with E-state index in [9.17, 15) is 0 Å². The number of likely N-dealkylation sites (tertiary alicyclic amines) is 1. The molecule has 29 heavy (non-hydrogen) atoms. The van der Waals surface area contributed by atoms with Gasteiger partial charge in [-0.2, -0.15) is 9.97 Å². The van der Waals surface area contributed by atoms with Crippen molar-refractivity contribution in [2.45, 2.75) is 78.7 Å². The predicted molar refractivity (Wildman–Crippen MR) is 120 cm³/mol. The van der Waals surface area contributed by atoms with E-state index in [4.69, 9.17) is 19.4 Å². The summed E-state index contributed by atoms with van der Waals surface area (Å²) in [4.78, 5) is 14.5. The first-order valence-electron chi connectivity index (χ1n) is 11.7. The van der Waals surface area contributed by atoms with Gasteiger partial charge in [-0.15, -0.1) is 0 Å². The Morgan fingerprint density at radius 2 is 1.83 bits per heavy atom. The second-order valence-corrected chi connectivity index (χ2v) is 7.99. The zero-order valence-electron chi connectivity index (χ0n) is 19.4. The molecule has 1 unspecified atom stereocenters. The number of methoxy groups -OCH3 is 1. The van der Waals surface area contributed by atoms with Gasteiger partial charge in [0.15, 0.2) is 0 Å². The molecule has 1 aromatic heterocycles. The first-order valence-corrected chi connectivity index (χ1v) is 11.7. The van der Waals surface area contributed by atoms with Crippen molar-refractivity contribution in [1.82, 2.24) is 14.9 Å². The summed E-state index contributed by atoms with van der Waals surface area (Å²) >= 11 is 0. The van der Waals surface area contributed by atoms with Gasteiger partial charge >= 0.3 is 6.01 Å². The normalized spacial score (nSPS) is 17.1. The molecule has 1 saturated heterocycles. The van der Waals surface area contributed by atoms with Crippen LogP contribution < -0.4 is 9.64 Å². The smallest absolute Gasteiger partial charge is 0.318 e. The molecule has 0 radical (unpaired) electrons. The number of aromatic nitrogens is 2. The summed E-state index contributed by atoms with van der Waals surface area (Å²) in [5, 5.41) is 0. The number of ether oxygens (including phenoxy) is 2. The van der Waals surface area contributed by atoms with E-state index >= 15 is 0 Å². The molecule has 0 N–H and O–H groups in total. The monoisotopic (exact) mass is 406 g/mol. The van der Waals surface area contributed by atoms with Gasteiger partial charge in [-0.3, -0.25) is 0 Å². The first kappa shape index (κ1) is 23.9. The Balaban J connectivity index is 2.05. The van der Waals surface area contributed by atoms with Crippen LogP contribution in [0.5, 0.6) is 6.01 Å². The summed E-state index contributed by atoms with van der Waals surface area (Å²) in [5.74, 6) is 1.10. The third-order valence-electron chi connectivity index (χ3n) is 5.58. The van der Waals surface area contributed by atoms with Gasteiger partial charge in [0.05, 0.1) is 18.4 Å². The van der Waals surface area contributed by atoms with Gasteiger partial charge in [-0.05, 0) is 38.5 Å². The maximum atomic E-state index is 6.03. The Morgan fingerprint density at radius 1 is 1.07 bits per heavy atom. The van der Waals surface area contributed by atoms with E-state index in [0.29, 0.717) is 18.7 Å². The number of anilines is 1. The highest BCUT2D eigenvalue weighted by atomic mass is 16.5. The lowest BCUT2D eigenvalue weighted by Crippen LogP contribution is -2.28. The fourth-order valence-corrected chi connectivity index (χ4v) is 4.13. The molecule has 1 fully saturated rings. The van der Waals surface area contributed by atoms with Crippen LogP contribution in [-0.4, -0.2) is 67.4 Å². The number of nitrogens with zero attached hydrogens (tertiary/aromatic N) is 4. The SMILES string of the molecule is CCCc1c(CC)nc(OCCCN2CCC(OC)C2)nc1N(CCC)CCC. The van der Waals surface area contributed by atoms with E-state index in [0.717, 1.165) is 89.2 Å². The average Bonchev–Trinajstić information content (AvgIpc) is 3.20. The maximum absolute atomic E-state index is 6.03. The van der Waals surface area contributed by atoms with Crippen molar-refractivity contribution >= 4 is 5.82 Å². The Kier molecular flexibility index (Phi) is 10.7. The largest absolute Gasteiger partial charge is 0.463 e. The van der Waals surface area contributed by atoms with Gasteiger partial charge in [0.25, 0.3) is 0 Å².